The van der Waals surface area contributed by atoms with Gasteiger partial charge in [-0.05, 0) is 12.5 Å². The zero-order valence-corrected chi connectivity index (χ0v) is 10.6. The van der Waals surface area contributed by atoms with E-state index in [2.05, 4.69) is 10.2 Å². The summed E-state index contributed by atoms with van der Waals surface area (Å²) in [7, 11) is -3.34. The van der Waals surface area contributed by atoms with Gasteiger partial charge in [-0.15, -0.1) is 11.6 Å². The van der Waals surface area contributed by atoms with Crippen molar-refractivity contribution in [3.8, 4) is 0 Å². The van der Waals surface area contributed by atoms with Crippen LogP contribution in [0.4, 0.5) is 0 Å². The second kappa shape index (κ2) is 4.98. The molecule has 0 aliphatic rings. The average molecular weight is 271 g/mol. The summed E-state index contributed by atoms with van der Waals surface area (Å²) in [6, 6.07) is 7.05. The number of alkyl halides is 1. The Balaban J connectivity index is 2.55. The highest BCUT2D eigenvalue weighted by atomic mass is 35.5. The summed E-state index contributed by atoms with van der Waals surface area (Å²) in [6.45, 7) is 0. The quantitative estimate of drug-likeness (QED) is 0.798. The molecule has 1 aromatic heterocycles. The Bertz CT molecular complexity index is 623. The molecule has 0 bridgehead atoms. The number of halogens is 1. The molecule has 0 N–H and O–H groups in total. The van der Waals surface area contributed by atoms with Gasteiger partial charge in [-0.3, -0.25) is 0 Å². The van der Waals surface area contributed by atoms with Crippen LogP contribution in [0.3, 0.4) is 0 Å². The summed E-state index contributed by atoms with van der Waals surface area (Å²) in [5, 5.41) is 8.23. The first kappa shape index (κ1) is 12.3. The molecule has 1 heterocycles. The molecule has 0 unspecified atom stereocenters. The zero-order valence-electron chi connectivity index (χ0n) is 9.01. The number of sulfone groups is 1. The third-order valence-electron chi connectivity index (χ3n) is 2.39. The van der Waals surface area contributed by atoms with E-state index in [1.807, 2.05) is 0 Å². The summed E-state index contributed by atoms with van der Waals surface area (Å²) < 4.78 is 24.2. The van der Waals surface area contributed by atoms with Gasteiger partial charge in [-0.25, -0.2) is 8.42 Å². The van der Waals surface area contributed by atoms with Crippen LogP contribution < -0.4 is 0 Å². The molecule has 90 valence electrons. The number of hydrogen-bond donors (Lipinski definition) is 0. The van der Waals surface area contributed by atoms with Crippen molar-refractivity contribution in [3.05, 3.63) is 30.5 Å². The number of aromatic nitrogens is 2. The molecule has 0 aliphatic heterocycles. The van der Waals surface area contributed by atoms with Crippen molar-refractivity contribution >= 4 is 32.3 Å². The van der Waals surface area contributed by atoms with E-state index in [1.165, 1.54) is 6.20 Å². The summed E-state index contributed by atoms with van der Waals surface area (Å²) in [5.41, 5.74) is 0.583. The lowest BCUT2D eigenvalue weighted by Crippen LogP contribution is -2.09. The normalized spacial score (nSPS) is 11.8. The van der Waals surface area contributed by atoms with Crippen molar-refractivity contribution in [2.45, 2.75) is 11.3 Å². The largest absolute Gasteiger partial charge is 0.224 e. The summed E-state index contributed by atoms with van der Waals surface area (Å²) >= 11 is 5.52. The van der Waals surface area contributed by atoms with E-state index in [0.717, 1.165) is 0 Å². The highest BCUT2D eigenvalue weighted by Gasteiger charge is 2.17. The van der Waals surface area contributed by atoms with E-state index >= 15 is 0 Å². The molecule has 2 aromatic rings. The molecule has 6 heteroatoms. The molecular formula is C11H11ClN2O2S. The fourth-order valence-electron chi connectivity index (χ4n) is 1.58. The van der Waals surface area contributed by atoms with Gasteiger partial charge < -0.3 is 0 Å². The van der Waals surface area contributed by atoms with Crippen LogP contribution in [0.25, 0.3) is 10.9 Å². The van der Waals surface area contributed by atoms with Crippen LogP contribution in [0, 0.1) is 0 Å². The summed E-state index contributed by atoms with van der Waals surface area (Å²) in [5.74, 6) is 0.363. The van der Waals surface area contributed by atoms with Crippen molar-refractivity contribution in [3.63, 3.8) is 0 Å². The molecule has 4 nitrogen and oxygen atoms in total. The second-order valence-corrected chi connectivity index (χ2v) is 6.04. The highest BCUT2D eigenvalue weighted by molar-refractivity contribution is 7.91. The fraction of sp³-hybridized carbons (Fsp3) is 0.273. The lowest BCUT2D eigenvalue weighted by Gasteiger charge is -2.05. The molecular weight excluding hydrogens is 260 g/mol. The lowest BCUT2D eigenvalue weighted by atomic mass is 10.2. The minimum absolute atomic E-state index is 0.0339. The Kier molecular flexibility index (Phi) is 3.59. The van der Waals surface area contributed by atoms with Gasteiger partial charge in [-0.2, -0.15) is 10.2 Å². The average Bonchev–Trinajstić information content (AvgIpc) is 2.36. The molecule has 17 heavy (non-hydrogen) atoms. The van der Waals surface area contributed by atoms with Gasteiger partial charge >= 0.3 is 0 Å². The summed E-state index contributed by atoms with van der Waals surface area (Å²) in [6.07, 6.45) is 1.73. The van der Waals surface area contributed by atoms with E-state index in [9.17, 15) is 8.42 Å². The molecule has 0 spiro atoms. The molecule has 0 saturated carbocycles. The maximum Gasteiger partial charge on any atom is 0.180 e. The predicted molar refractivity (Wildman–Crippen MR) is 66.9 cm³/mol. The van der Waals surface area contributed by atoms with Gasteiger partial charge in [0, 0.05) is 11.3 Å². The minimum atomic E-state index is -3.34. The van der Waals surface area contributed by atoms with E-state index in [-0.39, 0.29) is 10.6 Å². The van der Waals surface area contributed by atoms with Gasteiger partial charge in [0.15, 0.2) is 9.84 Å². The number of benzene rings is 1. The molecule has 0 fully saturated rings. The molecule has 0 radical (unpaired) electrons. The molecule has 1 aromatic carbocycles. The van der Waals surface area contributed by atoms with E-state index in [0.29, 0.717) is 23.2 Å². The lowest BCUT2D eigenvalue weighted by molar-refractivity contribution is 0.595. The van der Waals surface area contributed by atoms with E-state index < -0.39 is 9.84 Å². The number of hydrogen-bond acceptors (Lipinski definition) is 4. The van der Waals surface area contributed by atoms with Crippen LogP contribution >= 0.6 is 11.6 Å². The smallest absolute Gasteiger partial charge is 0.180 e. The van der Waals surface area contributed by atoms with Gasteiger partial charge in [0.1, 0.15) is 0 Å². The highest BCUT2D eigenvalue weighted by Crippen LogP contribution is 2.21. The van der Waals surface area contributed by atoms with E-state index in [4.69, 9.17) is 11.6 Å². The van der Waals surface area contributed by atoms with Crippen molar-refractivity contribution < 1.29 is 8.42 Å². The van der Waals surface area contributed by atoms with Crippen LogP contribution in [0.2, 0.25) is 0 Å². The van der Waals surface area contributed by atoms with Gasteiger partial charge in [-0.1, -0.05) is 18.2 Å². The van der Waals surface area contributed by atoms with Crippen LogP contribution in [0.15, 0.2) is 35.4 Å². The number of rotatable bonds is 4. The zero-order chi connectivity index (χ0) is 12.3. The third-order valence-corrected chi connectivity index (χ3v) is 4.48. The van der Waals surface area contributed by atoms with Crippen LogP contribution in [-0.4, -0.2) is 30.2 Å². The number of nitrogens with zero attached hydrogens (tertiary/aromatic N) is 2. The predicted octanol–water partition coefficient (Wildman–Crippen LogP) is 2.03. The first-order chi connectivity index (χ1) is 8.15. The van der Waals surface area contributed by atoms with Crippen LogP contribution in [0.5, 0.6) is 0 Å². The molecule has 0 amide bonds. The first-order valence-corrected chi connectivity index (χ1v) is 7.33. The van der Waals surface area contributed by atoms with Gasteiger partial charge in [0.05, 0.1) is 22.4 Å². The SMILES string of the molecule is O=S(=O)(CCCCl)c1cnnc2ccccc12. The van der Waals surface area contributed by atoms with Gasteiger partial charge in [0.25, 0.3) is 0 Å². The molecule has 2 rings (SSSR count). The Labute approximate surface area is 105 Å². The second-order valence-electron chi connectivity index (χ2n) is 3.59. The standard InChI is InChI=1S/C11H11ClN2O2S/c12-6-3-7-17(15,16)11-8-13-14-10-5-2-1-4-9(10)11/h1-2,4-5,8H,3,6-7H2. The van der Waals surface area contributed by atoms with Crippen LogP contribution in [-0.2, 0) is 9.84 Å². The van der Waals surface area contributed by atoms with Crippen molar-refractivity contribution in [2.75, 3.05) is 11.6 Å². The van der Waals surface area contributed by atoms with Crippen molar-refractivity contribution in [1.29, 1.82) is 0 Å². The van der Waals surface area contributed by atoms with E-state index in [1.54, 1.807) is 24.3 Å². The monoisotopic (exact) mass is 270 g/mol. The number of fused-ring (bicyclic) bond motifs is 1. The van der Waals surface area contributed by atoms with Gasteiger partial charge in [0.2, 0.25) is 0 Å². The third kappa shape index (κ3) is 2.56. The molecule has 0 aliphatic carbocycles. The first-order valence-electron chi connectivity index (χ1n) is 5.14. The van der Waals surface area contributed by atoms with Crippen molar-refractivity contribution in [2.24, 2.45) is 0 Å². The van der Waals surface area contributed by atoms with Crippen LogP contribution in [0.1, 0.15) is 6.42 Å². The Morgan fingerprint density at radius 3 is 2.76 bits per heavy atom. The maximum atomic E-state index is 12.1. The van der Waals surface area contributed by atoms with Crippen molar-refractivity contribution in [1.82, 2.24) is 10.2 Å². The Morgan fingerprint density at radius 2 is 2.00 bits per heavy atom. The Morgan fingerprint density at radius 1 is 1.24 bits per heavy atom. The molecule has 0 atom stereocenters. The summed E-state index contributed by atoms with van der Waals surface area (Å²) in [4.78, 5) is 0.230. The minimum Gasteiger partial charge on any atom is -0.224 e. The molecule has 0 saturated heterocycles. The Hall–Kier alpha value is -1.20. The fourth-order valence-corrected chi connectivity index (χ4v) is 3.34. The maximum absolute atomic E-state index is 12.1. The topological polar surface area (TPSA) is 59.9 Å².